The van der Waals surface area contributed by atoms with Gasteiger partial charge in [-0.25, -0.2) is 17.6 Å². The van der Waals surface area contributed by atoms with Crippen molar-refractivity contribution in [2.45, 2.75) is 0 Å². The molecule has 0 aliphatic heterocycles. The van der Waals surface area contributed by atoms with Crippen LogP contribution in [0.3, 0.4) is 0 Å². The minimum atomic E-state index is -1.35. The minimum absolute atomic E-state index is 0.000278. The van der Waals surface area contributed by atoms with E-state index in [9.17, 15) is 37.8 Å². The van der Waals surface area contributed by atoms with Crippen molar-refractivity contribution in [3.05, 3.63) is 110 Å². The number of benzene rings is 3. The second kappa shape index (κ2) is 14.2. The lowest BCUT2D eigenvalue weighted by molar-refractivity contribution is -0.385. The van der Waals surface area contributed by atoms with Crippen LogP contribution in [-0.2, 0) is 0 Å². The van der Waals surface area contributed by atoms with Gasteiger partial charge in [0.1, 0.15) is 9.98 Å². The molecule has 0 aromatic heterocycles. The fourth-order valence-corrected chi connectivity index (χ4v) is 3.32. The number of nitrogens with zero attached hydrogens (tertiary/aromatic N) is 2. The minimum Gasteiger partial charge on any atom is -0.389 e. The number of halogens is 6. The maximum atomic E-state index is 12.6. The highest BCUT2D eigenvalue weighted by atomic mass is 127. The van der Waals surface area contributed by atoms with E-state index in [1.54, 1.807) is 24.3 Å². The van der Waals surface area contributed by atoms with Gasteiger partial charge in [-0.15, -0.1) is 0 Å². The molecule has 3 rings (SSSR count). The Balaban J connectivity index is 0.000000270. The molecule has 0 bridgehead atoms. The zero-order valence-corrected chi connectivity index (χ0v) is 23.3. The summed E-state index contributed by atoms with van der Waals surface area (Å²) < 4.78 is 49.2. The van der Waals surface area contributed by atoms with Gasteiger partial charge in [0.2, 0.25) is 0 Å². The number of nitro groups is 2. The van der Waals surface area contributed by atoms with Crippen LogP contribution in [0.4, 0.5) is 28.9 Å². The molecule has 0 spiro atoms. The molecule has 36 heavy (non-hydrogen) atoms. The van der Waals surface area contributed by atoms with Gasteiger partial charge < -0.3 is 11.5 Å². The van der Waals surface area contributed by atoms with Gasteiger partial charge in [-0.3, -0.25) is 20.2 Å². The van der Waals surface area contributed by atoms with Gasteiger partial charge in [0.15, 0.2) is 23.3 Å². The van der Waals surface area contributed by atoms with Crippen molar-refractivity contribution in [1.82, 2.24) is 0 Å². The van der Waals surface area contributed by atoms with E-state index in [1.807, 2.05) is 0 Å². The lowest BCUT2D eigenvalue weighted by atomic mass is 10.2. The first-order valence-electron chi connectivity index (χ1n) is 8.94. The third kappa shape index (κ3) is 8.82. The molecule has 0 aliphatic rings. The average molecular weight is 766 g/mol. The van der Waals surface area contributed by atoms with Crippen molar-refractivity contribution in [2.24, 2.45) is 11.5 Å². The smallest absolute Gasteiger partial charge is 0.270 e. The van der Waals surface area contributed by atoms with E-state index in [1.165, 1.54) is 69.4 Å². The van der Waals surface area contributed by atoms with Crippen LogP contribution in [0.2, 0.25) is 0 Å². The Morgan fingerprint density at radius 1 is 0.694 bits per heavy atom. The molecule has 3 aromatic carbocycles. The highest BCUT2D eigenvalue weighted by Gasteiger charge is 2.21. The number of nitrogens with two attached hydrogens (primary N) is 2. The van der Waals surface area contributed by atoms with Crippen molar-refractivity contribution in [2.75, 3.05) is 0 Å². The van der Waals surface area contributed by atoms with E-state index in [0.717, 1.165) is 0 Å². The summed E-state index contributed by atoms with van der Waals surface area (Å²) in [7, 11) is 0. The predicted octanol–water partition coefficient (Wildman–Crippen LogP) is 5.91. The topological polar surface area (TPSA) is 138 Å². The van der Waals surface area contributed by atoms with Crippen molar-refractivity contribution >= 4 is 91.0 Å². The molecule has 0 radical (unpaired) electrons. The first-order chi connectivity index (χ1) is 16.7. The number of thiocarbonyl (C=S) groups is 2. The van der Waals surface area contributed by atoms with Crippen molar-refractivity contribution in [3.63, 3.8) is 0 Å². The lowest BCUT2D eigenvalue weighted by Crippen LogP contribution is -2.09. The van der Waals surface area contributed by atoms with E-state index in [4.69, 9.17) is 11.5 Å². The maximum absolute atomic E-state index is 12.6. The Kier molecular flexibility index (Phi) is 12.4. The molecule has 0 unspecified atom stereocenters. The molecule has 0 saturated carbocycles. The monoisotopic (exact) mass is 766 g/mol. The highest BCUT2D eigenvalue weighted by Crippen LogP contribution is 2.26. The maximum Gasteiger partial charge on any atom is 0.270 e. The number of nitro benzene ring substituents is 2. The first kappa shape index (κ1) is 31.4. The Morgan fingerprint density at radius 3 is 1.19 bits per heavy atom. The summed E-state index contributed by atoms with van der Waals surface area (Å²) in [5, 5.41) is 20.6. The largest absolute Gasteiger partial charge is 0.389 e. The molecule has 0 aliphatic carbocycles. The summed E-state index contributed by atoms with van der Waals surface area (Å²) in [6, 6.07) is 11.8. The van der Waals surface area contributed by atoms with Crippen LogP contribution in [0.5, 0.6) is 0 Å². The summed E-state index contributed by atoms with van der Waals surface area (Å²) in [6.07, 6.45) is 0. The first-order valence-corrected chi connectivity index (χ1v) is 11.9. The molecular formula is C20H12F4I2N4O4S2. The summed E-state index contributed by atoms with van der Waals surface area (Å²) >= 11 is 11.7. The Bertz CT molecular complexity index is 1120. The van der Waals surface area contributed by atoms with Gasteiger partial charge in [-0.2, -0.15) is 0 Å². The van der Waals surface area contributed by atoms with Crippen LogP contribution in [0.25, 0.3) is 0 Å². The fraction of sp³-hybridized carbons (Fsp3) is 0. The fourth-order valence-electron chi connectivity index (χ4n) is 2.12. The van der Waals surface area contributed by atoms with Crippen molar-refractivity contribution in [1.29, 1.82) is 0 Å². The van der Waals surface area contributed by atoms with Gasteiger partial charge in [0.25, 0.3) is 11.4 Å². The SMILES string of the molecule is Fc1c(F)c(I)c(F)c(F)c1I.NC(=S)c1cccc([N+](=O)[O-])c1.NC(=S)c1cccc([N+](=O)[O-])c1. The van der Waals surface area contributed by atoms with Gasteiger partial charge in [0, 0.05) is 35.4 Å². The zero-order valence-electron chi connectivity index (χ0n) is 17.4. The summed E-state index contributed by atoms with van der Waals surface area (Å²) in [4.78, 5) is 20.0. The Morgan fingerprint density at radius 2 is 0.972 bits per heavy atom. The number of non-ortho nitro benzene ring substituents is 2. The number of rotatable bonds is 4. The molecule has 3 aromatic rings. The van der Waals surface area contributed by atoms with E-state index >= 15 is 0 Å². The predicted molar refractivity (Wildman–Crippen MR) is 150 cm³/mol. The molecule has 0 amide bonds. The van der Waals surface area contributed by atoms with Crippen LogP contribution >= 0.6 is 69.6 Å². The summed E-state index contributed by atoms with van der Waals surface area (Å²) in [5.74, 6) is -5.39. The average Bonchev–Trinajstić information content (AvgIpc) is 2.86. The van der Waals surface area contributed by atoms with Gasteiger partial charge in [-0.1, -0.05) is 48.7 Å². The van der Waals surface area contributed by atoms with Gasteiger partial charge >= 0.3 is 0 Å². The Labute approximate surface area is 238 Å². The van der Waals surface area contributed by atoms with Crippen LogP contribution in [0.1, 0.15) is 11.1 Å². The van der Waals surface area contributed by atoms with Crippen molar-refractivity contribution < 1.29 is 27.4 Å². The summed E-state index contributed by atoms with van der Waals surface area (Å²) in [6.45, 7) is 0. The van der Waals surface area contributed by atoms with Crippen molar-refractivity contribution in [3.8, 4) is 0 Å². The number of hydrogen-bond donors (Lipinski definition) is 2. The second-order valence-corrected chi connectivity index (χ2v) is 9.26. The van der Waals surface area contributed by atoms with E-state index in [-0.39, 0.29) is 21.4 Å². The molecule has 16 heteroatoms. The lowest BCUT2D eigenvalue weighted by Gasteiger charge is -2.02. The number of hydrogen-bond acceptors (Lipinski definition) is 6. The van der Waals surface area contributed by atoms with E-state index in [2.05, 4.69) is 24.4 Å². The quantitative estimate of drug-likeness (QED) is 0.0637. The van der Waals surface area contributed by atoms with Crippen LogP contribution in [0.15, 0.2) is 48.5 Å². The third-order valence-electron chi connectivity index (χ3n) is 3.84. The molecule has 0 heterocycles. The molecular weight excluding hydrogens is 754 g/mol. The van der Waals surface area contributed by atoms with E-state index in [0.29, 0.717) is 11.1 Å². The van der Waals surface area contributed by atoms with Crippen LogP contribution in [-0.4, -0.2) is 19.8 Å². The highest BCUT2D eigenvalue weighted by molar-refractivity contribution is 14.1. The van der Waals surface area contributed by atoms with E-state index < -0.39 is 40.3 Å². The second-order valence-electron chi connectivity index (χ2n) is 6.23. The summed E-state index contributed by atoms with van der Waals surface area (Å²) in [5.41, 5.74) is 11.6. The van der Waals surface area contributed by atoms with Crippen LogP contribution in [0, 0.1) is 50.6 Å². The molecule has 0 saturated heterocycles. The molecule has 8 nitrogen and oxygen atoms in total. The molecule has 0 fully saturated rings. The van der Waals surface area contributed by atoms with Crippen LogP contribution < -0.4 is 11.5 Å². The molecule has 0 atom stereocenters. The molecule has 190 valence electrons. The standard InChI is InChI=1S/2C7H6N2O2S.C6F4I2/c2*8-7(12)5-2-1-3-6(4-5)9(10)11;7-1-2(8)6(12)4(10)3(9)5(1)11/h2*1-4H,(H2,8,12);. The molecule has 4 N–H and O–H groups in total. The van der Waals surface area contributed by atoms with Gasteiger partial charge in [0.05, 0.1) is 17.0 Å². The Hall–Kier alpha value is -2.58. The normalized spacial score (nSPS) is 9.72. The third-order valence-corrected chi connectivity index (χ3v) is 6.20. The zero-order chi connectivity index (χ0) is 27.7. The van der Waals surface area contributed by atoms with Gasteiger partial charge in [-0.05, 0) is 45.2 Å².